The molecule has 9 heteroatoms. The van der Waals surface area contributed by atoms with Crippen LogP contribution in [0.15, 0.2) is 76.4 Å². The molecule has 5 rings (SSSR count). The Kier molecular flexibility index (Phi) is 7.08. The number of unbranched alkanes of at least 4 members (excludes halogenated alkanes) is 2. The third-order valence-electron chi connectivity index (χ3n) is 5.96. The molecule has 3 aromatic carbocycles. The van der Waals surface area contributed by atoms with E-state index < -0.39 is 0 Å². The van der Waals surface area contributed by atoms with Gasteiger partial charge in [-0.05, 0) is 42.5 Å². The van der Waals surface area contributed by atoms with Crippen LogP contribution in [0.3, 0.4) is 0 Å². The quantitative estimate of drug-likeness (QED) is 0.186. The van der Waals surface area contributed by atoms with E-state index in [0.717, 1.165) is 29.3 Å². The second-order valence-corrected chi connectivity index (χ2v) is 9.37. The van der Waals surface area contributed by atoms with Crippen LogP contribution in [-0.4, -0.2) is 45.1 Å². The van der Waals surface area contributed by atoms with Crippen molar-refractivity contribution in [1.29, 1.82) is 0 Å². The third-order valence-corrected chi connectivity index (χ3v) is 6.78. The molecule has 0 atom stereocenters. The van der Waals surface area contributed by atoms with Gasteiger partial charge in [0.15, 0.2) is 0 Å². The molecule has 1 N–H and O–H groups in total. The number of anilines is 1. The first kappa shape index (κ1) is 23.7. The molecule has 0 fully saturated rings. The van der Waals surface area contributed by atoms with Crippen molar-refractivity contribution in [3.63, 3.8) is 0 Å². The fraction of sp³-hybridized carbons (Fsp3) is 0.222. The number of rotatable bonds is 10. The Balaban J connectivity index is 1.06. The lowest BCUT2D eigenvalue weighted by Gasteiger charge is -2.27. The van der Waals surface area contributed by atoms with Gasteiger partial charge in [-0.15, -0.1) is 10.2 Å². The molecule has 182 valence electrons. The first-order chi connectivity index (χ1) is 17.6. The van der Waals surface area contributed by atoms with Crippen LogP contribution in [0.25, 0.3) is 10.8 Å². The first-order valence-electron chi connectivity index (χ1n) is 11.8. The Bertz CT molecular complexity index is 1370. The van der Waals surface area contributed by atoms with E-state index >= 15 is 0 Å². The van der Waals surface area contributed by atoms with Crippen LogP contribution in [-0.2, 0) is 11.2 Å². The third kappa shape index (κ3) is 5.16. The molecule has 0 bridgehead atoms. The fourth-order valence-corrected chi connectivity index (χ4v) is 4.83. The second kappa shape index (κ2) is 10.7. The van der Waals surface area contributed by atoms with E-state index in [1.54, 1.807) is 12.1 Å². The number of carbonyl (C=O) groups is 3. The molecular formula is C27H24N4O4S. The van der Waals surface area contributed by atoms with Gasteiger partial charge in [0.1, 0.15) is 0 Å². The normalized spacial score (nSPS) is 12.8. The molecule has 1 aliphatic heterocycles. The molecule has 0 saturated heterocycles. The van der Waals surface area contributed by atoms with Crippen molar-refractivity contribution in [3.8, 4) is 0 Å². The van der Waals surface area contributed by atoms with Crippen LogP contribution in [0.1, 0.15) is 45.9 Å². The molecule has 0 aliphatic carbocycles. The van der Waals surface area contributed by atoms with Gasteiger partial charge in [-0.2, -0.15) is 0 Å². The van der Waals surface area contributed by atoms with Crippen molar-refractivity contribution in [2.24, 2.45) is 0 Å². The molecule has 2 heterocycles. The van der Waals surface area contributed by atoms with E-state index in [1.165, 1.54) is 16.7 Å². The van der Waals surface area contributed by atoms with E-state index in [4.69, 9.17) is 4.42 Å². The zero-order valence-electron chi connectivity index (χ0n) is 19.5. The van der Waals surface area contributed by atoms with Crippen LogP contribution in [0.2, 0.25) is 0 Å². The Morgan fingerprint density at radius 2 is 1.58 bits per heavy atom. The van der Waals surface area contributed by atoms with E-state index in [2.05, 4.69) is 15.5 Å². The molecule has 0 spiro atoms. The Hall–Kier alpha value is -3.98. The average Bonchev–Trinajstić information content (AvgIpc) is 3.36. The van der Waals surface area contributed by atoms with Gasteiger partial charge < -0.3 is 9.73 Å². The summed E-state index contributed by atoms with van der Waals surface area (Å²) in [6.45, 7) is 0.365. The van der Waals surface area contributed by atoms with Crippen LogP contribution in [0.4, 0.5) is 5.69 Å². The number of benzene rings is 3. The van der Waals surface area contributed by atoms with Crippen molar-refractivity contribution < 1.29 is 18.8 Å². The molecule has 1 aromatic heterocycles. The minimum Gasteiger partial charge on any atom is -0.416 e. The minimum absolute atomic E-state index is 0.147. The van der Waals surface area contributed by atoms with E-state index in [-0.39, 0.29) is 23.5 Å². The van der Waals surface area contributed by atoms with Crippen molar-refractivity contribution in [2.45, 2.75) is 30.9 Å². The Morgan fingerprint density at radius 1 is 0.861 bits per heavy atom. The summed E-state index contributed by atoms with van der Waals surface area (Å²) in [6.07, 6.45) is 2.86. The maximum Gasteiger partial charge on any atom is 0.277 e. The van der Waals surface area contributed by atoms with Crippen LogP contribution >= 0.6 is 11.8 Å². The largest absolute Gasteiger partial charge is 0.416 e. The summed E-state index contributed by atoms with van der Waals surface area (Å²) in [5.41, 5.74) is 1.90. The van der Waals surface area contributed by atoms with Gasteiger partial charge in [0.2, 0.25) is 11.8 Å². The number of aromatic nitrogens is 2. The van der Waals surface area contributed by atoms with E-state index in [1.807, 2.05) is 54.6 Å². The van der Waals surface area contributed by atoms with Gasteiger partial charge in [0, 0.05) is 35.2 Å². The van der Waals surface area contributed by atoms with Crippen molar-refractivity contribution in [1.82, 2.24) is 15.1 Å². The maximum atomic E-state index is 13.0. The van der Waals surface area contributed by atoms with Gasteiger partial charge in [0.05, 0.1) is 5.75 Å². The highest BCUT2D eigenvalue weighted by Crippen LogP contribution is 2.30. The fourth-order valence-electron chi connectivity index (χ4n) is 4.25. The number of thioether (sulfide) groups is 1. The molecule has 36 heavy (non-hydrogen) atoms. The number of amides is 3. The number of nitrogens with one attached hydrogen (secondary N) is 1. The van der Waals surface area contributed by atoms with Gasteiger partial charge in [-0.25, -0.2) is 0 Å². The highest BCUT2D eigenvalue weighted by Gasteiger charge is 2.32. The predicted molar refractivity (Wildman–Crippen MR) is 137 cm³/mol. The van der Waals surface area contributed by atoms with Gasteiger partial charge in [-0.1, -0.05) is 60.6 Å². The lowest BCUT2D eigenvalue weighted by atomic mass is 9.94. The standard InChI is InChI=1S/C27H24N4O4S/c32-22(28-19-11-3-1-4-12-19)17-36-27-30-29-23(35-27)15-5-2-6-16-31-25(33)20-13-7-9-18-10-8-14-21(24(18)20)26(31)34/h1,3-4,7-14H,2,5-6,15-17H2,(H,28,32). The number of imide groups is 1. The van der Waals surface area contributed by atoms with Crippen LogP contribution < -0.4 is 5.32 Å². The number of hydrogen-bond donors (Lipinski definition) is 1. The van der Waals surface area contributed by atoms with E-state index in [9.17, 15) is 14.4 Å². The van der Waals surface area contributed by atoms with Crippen LogP contribution in [0, 0.1) is 0 Å². The number of para-hydroxylation sites is 1. The predicted octanol–water partition coefficient (Wildman–Crippen LogP) is 4.96. The molecule has 1 aliphatic rings. The zero-order valence-corrected chi connectivity index (χ0v) is 20.3. The van der Waals surface area contributed by atoms with Crippen molar-refractivity contribution in [2.75, 3.05) is 17.6 Å². The lowest BCUT2D eigenvalue weighted by molar-refractivity contribution is -0.113. The Morgan fingerprint density at radius 3 is 2.31 bits per heavy atom. The summed E-state index contributed by atoms with van der Waals surface area (Å²) in [6, 6.07) is 20.3. The van der Waals surface area contributed by atoms with Crippen molar-refractivity contribution in [3.05, 3.63) is 83.7 Å². The molecule has 0 saturated carbocycles. The number of aryl methyl sites for hydroxylation is 1. The average molecular weight is 501 g/mol. The minimum atomic E-state index is -0.237. The summed E-state index contributed by atoms with van der Waals surface area (Å²) in [5.74, 6) is 0.0577. The number of hydrogen-bond acceptors (Lipinski definition) is 7. The monoisotopic (exact) mass is 500 g/mol. The molecule has 3 amide bonds. The second-order valence-electron chi connectivity index (χ2n) is 8.45. The summed E-state index contributed by atoms with van der Waals surface area (Å²) in [4.78, 5) is 39.3. The number of carbonyl (C=O) groups excluding carboxylic acids is 3. The van der Waals surface area contributed by atoms with Gasteiger partial charge in [-0.3, -0.25) is 19.3 Å². The summed E-state index contributed by atoms with van der Waals surface area (Å²) in [5, 5.41) is 12.9. The summed E-state index contributed by atoms with van der Waals surface area (Å²) in [7, 11) is 0. The molecule has 4 aromatic rings. The molecule has 0 unspecified atom stereocenters. The molecule has 0 radical (unpaired) electrons. The van der Waals surface area contributed by atoms with Crippen molar-refractivity contribution >= 4 is 45.9 Å². The molecule has 8 nitrogen and oxygen atoms in total. The van der Waals surface area contributed by atoms with Crippen LogP contribution in [0.5, 0.6) is 0 Å². The summed E-state index contributed by atoms with van der Waals surface area (Å²) < 4.78 is 5.63. The zero-order chi connectivity index (χ0) is 24.9. The number of nitrogens with zero attached hydrogens (tertiary/aromatic N) is 3. The summed E-state index contributed by atoms with van der Waals surface area (Å²) >= 11 is 1.19. The lowest BCUT2D eigenvalue weighted by Crippen LogP contribution is -2.40. The first-order valence-corrected chi connectivity index (χ1v) is 12.8. The maximum absolute atomic E-state index is 13.0. The van der Waals surface area contributed by atoms with Gasteiger partial charge in [0.25, 0.3) is 17.0 Å². The Labute approximate surface area is 212 Å². The van der Waals surface area contributed by atoms with E-state index in [0.29, 0.717) is 41.6 Å². The highest BCUT2D eigenvalue weighted by molar-refractivity contribution is 7.99. The molecular weight excluding hydrogens is 476 g/mol. The smallest absolute Gasteiger partial charge is 0.277 e. The van der Waals surface area contributed by atoms with Gasteiger partial charge >= 0.3 is 0 Å². The SMILES string of the molecule is O=C(CSc1nnc(CCCCCN2C(=O)c3cccc4cccc(c34)C2=O)o1)Nc1ccccc1. The topological polar surface area (TPSA) is 105 Å². The highest BCUT2D eigenvalue weighted by atomic mass is 32.2.